The fourth-order valence-electron chi connectivity index (χ4n) is 4.77. The minimum atomic E-state index is 0.849. The van der Waals surface area contributed by atoms with Crippen LogP contribution in [0.15, 0.2) is 60.8 Å². The minimum absolute atomic E-state index is 0.849. The first-order chi connectivity index (χ1) is 17.1. The summed E-state index contributed by atoms with van der Waals surface area (Å²) in [7, 11) is 3.91. The van der Waals surface area contributed by atoms with E-state index in [0.29, 0.717) is 0 Å². The quantitative estimate of drug-likeness (QED) is 0.338. The topological polar surface area (TPSA) is 45.9 Å². The van der Waals surface area contributed by atoms with Gasteiger partial charge in [0.25, 0.3) is 0 Å². The standard InChI is InChI=1S/C28H29N5OS/c1-19-14-22-15-27(35-26(22)16-25(19)34-3)24-17-29-28-9-8-23(30-33(24)28)21-6-4-20(5-7-21)18-32-12-10-31(2)11-13-32/h4-9,14-17H,10-13,18H2,1-3H3. The zero-order chi connectivity index (χ0) is 23.9. The molecule has 2 aromatic carbocycles. The molecule has 0 spiro atoms. The van der Waals surface area contributed by atoms with Gasteiger partial charge in [0, 0.05) is 43.0 Å². The number of imidazole rings is 1. The average molecular weight is 484 g/mol. The Labute approximate surface area is 209 Å². The number of hydrogen-bond acceptors (Lipinski definition) is 6. The lowest BCUT2D eigenvalue weighted by atomic mass is 10.1. The van der Waals surface area contributed by atoms with Gasteiger partial charge in [-0.25, -0.2) is 9.50 Å². The predicted molar refractivity (Wildman–Crippen MR) is 143 cm³/mol. The van der Waals surface area contributed by atoms with Crippen molar-refractivity contribution in [2.45, 2.75) is 13.5 Å². The second kappa shape index (κ2) is 9.07. The first-order valence-corrected chi connectivity index (χ1v) is 12.8. The Balaban J connectivity index is 1.29. The van der Waals surface area contributed by atoms with Crippen molar-refractivity contribution < 1.29 is 4.74 Å². The van der Waals surface area contributed by atoms with Crippen molar-refractivity contribution in [1.29, 1.82) is 0 Å². The lowest BCUT2D eigenvalue weighted by molar-refractivity contribution is 0.148. The van der Waals surface area contributed by atoms with E-state index in [1.54, 1.807) is 18.4 Å². The van der Waals surface area contributed by atoms with Crippen LogP contribution in [0.4, 0.5) is 0 Å². The molecule has 1 aliphatic rings. The third kappa shape index (κ3) is 4.31. The Kier molecular flexibility index (Phi) is 5.76. The van der Waals surface area contributed by atoms with Crippen LogP contribution < -0.4 is 4.74 Å². The second-order valence-corrected chi connectivity index (χ2v) is 10.5. The number of aryl methyl sites for hydroxylation is 1. The SMILES string of the molecule is COc1cc2sc(-c3cnc4ccc(-c5ccc(CN6CCN(C)CC6)cc5)nn34)cc2cc1C. The van der Waals surface area contributed by atoms with Crippen molar-refractivity contribution >= 4 is 27.1 Å². The lowest BCUT2D eigenvalue weighted by Crippen LogP contribution is -2.43. The van der Waals surface area contributed by atoms with E-state index in [9.17, 15) is 0 Å². The molecule has 1 saturated heterocycles. The highest BCUT2D eigenvalue weighted by Gasteiger charge is 2.15. The van der Waals surface area contributed by atoms with Crippen molar-refractivity contribution in [3.8, 4) is 27.6 Å². The summed E-state index contributed by atoms with van der Waals surface area (Å²) < 4.78 is 8.67. The van der Waals surface area contributed by atoms with Crippen LogP contribution in [0, 0.1) is 6.92 Å². The molecule has 0 bridgehead atoms. The number of aromatic nitrogens is 3. The van der Waals surface area contributed by atoms with Crippen LogP contribution in [0.3, 0.4) is 0 Å². The van der Waals surface area contributed by atoms with Gasteiger partial charge in [0.15, 0.2) is 5.65 Å². The zero-order valence-electron chi connectivity index (χ0n) is 20.4. The van der Waals surface area contributed by atoms with Gasteiger partial charge in [-0.2, -0.15) is 5.10 Å². The van der Waals surface area contributed by atoms with Crippen LogP contribution in [-0.2, 0) is 6.54 Å². The molecule has 3 aromatic heterocycles. The van der Waals surface area contributed by atoms with E-state index >= 15 is 0 Å². The molecule has 0 unspecified atom stereocenters. The number of piperazine rings is 1. The molecule has 6 rings (SSSR count). The highest BCUT2D eigenvalue weighted by atomic mass is 32.1. The van der Waals surface area contributed by atoms with Gasteiger partial charge in [-0.05, 0) is 60.8 Å². The summed E-state index contributed by atoms with van der Waals surface area (Å²) >= 11 is 1.74. The maximum Gasteiger partial charge on any atom is 0.154 e. The molecule has 6 nitrogen and oxygen atoms in total. The second-order valence-electron chi connectivity index (χ2n) is 9.38. The van der Waals surface area contributed by atoms with E-state index in [4.69, 9.17) is 9.84 Å². The molecular formula is C28H29N5OS. The van der Waals surface area contributed by atoms with Crippen LogP contribution in [0.2, 0.25) is 0 Å². The van der Waals surface area contributed by atoms with Crippen molar-refractivity contribution in [3.05, 3.63) is 71.9 Å². The molecule has 0 aliphatic carbocycles. The maximum atomic E-state index is 5.52. The molecule has 0 N–H and O–H groups in total. The molecule has 1 fully saturated rings. The monoisotopic (exact) mass is 483 g/mol. The third-order valence-electron chi connectivity index (χ3n) is 6.90. The Hall–Kier alpha value is -3.26. The van der Waals surface area contributed by atoms with Gasteiger partial charge in [0.1, 0.15) is 11.4 Å². The third-order valence-corrected chi connectivity index (χ3v) is 8.02. The Morgan fingerprint density at radius 3 is 2.54 bits per heavy atom. The molecular weight excluding hydrogens is 454 g/mol. The molecule has 0 amide bonds. The van der Waals surface area contributed by atoms with Gasteiger partial charge in [0.2, 0.25) is 0 Å². The van der Waals surface area contributed by atoms with Gasteiger partial charge >= 0.3 is 0 Å². The summed E-state index contributed by atoms with van der Waals surface area (Å²) in [6.07, 6.45) is 1.92. The largest absolute Gasteiger partial charge is 0.496 e. The Morgan fingerprint density at radius 1 is 0.971 bits per heavy atom. The minimum Gasteiger partial charge on any atom is -0.496 e. The molecule has 7 heteroatoms. The molecule has 178 valence electrons. The summed E-state index contributed by atoms with van der Waals surface area (Å²) in [5.41, 5.74) is 6.40. The highest BCUT2D eigenvalue weighted by molar-refractivity contribution is 7.22. The molecule has 1 aliphatic heterocycles. The predicted octanol–water partition coefficient (Wildman–Crippen LogP) is 5.34. The maximum absolute atomic E-state index is 5.52. The average Bonchev–Trinajstić information content (AvgIpc) is 3.48. The van der Waals surface area contributed by atoms with E-state index in [1.165, 1.54) is 15.6 Å². The summed E-state index contributed by atoms with van der Waals surface area (Å²) in [4.78, 5) is 10.7. The van der Waals surface area contributed by atoms with E-state index in [2.05, 4.69) is 77.3 Å². The van der Waals surface area contributed by atoms with Crippen molar-refractivity contribution in [2.24, 2.45) is 0 Å². The number of nitrogens with zero attached hydrogens (tertiary/aromatic N) is 5. The molecule has 0 radical (unpaired) electrons. The van der Waals surface area contributed by atoms with E-state index in [1.807, 2.05) is 16.8 Å². The Morgan fingerprint density at radius 2 is 1.77 bits per heavy atom. The van der Waals surface area contributed by atoms with Crippen molar-refractivity contribution in [2.75, 3.05) is 40.3 Å². The number of hydrogen-bond donors (Lipinski definition) is 0. The number of likely N-dealkylation sites (N-methyl/N-ethyl adjacent to an activating group) is 1. The first-order valence-electron chi connectivity index (χ1n) is 12.0. The van der Waals surface area contributed by atoms with Crippen molar-refractivity contribution in [1.82, 2.24) is 24.4 Å². The molecule has 0 saturated carbocycles. The number of rotatable bonds is 5. The molecule has 5 aromatic rings. The van der Waals surface area contributed by atoms with Crippen LogP contribution in [0.1, 0.15) is 11.1 Å². The van der Waals surface area contributed by atoms with E-state index in [-0.39, 0.29) is 0 Å². The zero-order valence-corrected chi connectivity index (χ0v) is 21.2. The Bertz CT molecular complexity index is 1500. The van der Waals surface area contributed by atoms with Crippen LogP contribution in [-0.4, -0.2) is 64.7 Å². The number of thiophene rings is 1. The van der Waals surface area contributed by atoms with Crippen LogP contribution in [0.5, 0.6) is 5.75 Å². The molecule has 4 heterocycles. The number of benzene rings is 2. The first kappa shape index (κ1) is 22.2. The summed E-state index contributed by atoms with van der Waals surface area (Å²) in [5, 5.41) is 6.19. The summed E-state index contributed by atoms with van der Waals surface area (Å²) in [6.45, 7) is 7.62. The van der Waals surface area contributed by atoms with Crippen LogP contribution >= 0.6 is 11.3 Å². The summed E-state index contributed by atoms with van der Waals surface area (Å²) in [6, 6.07) is 19.5. The smallest absolute Gasteiger partial charge is 0.154 e. The van der Waals surface area contributed by atoms with Crippen molar-refractivity contribution in [3.63, 3.8) is 0 Å². The number of ether oxygens (including phenoxy) is 1. The lowest BCUT2D eigenvalue weighted by Gasteiger charge is -2.32. The summed E-state index contributed by atoms with van der Waals surface area (Å²) in [5.74, 6) is 0.917. The van der Waals surface area contributed by atoms with Gasteiger partial charge in [-0.1, -0.05) is 24.3 Å². The number of methoxy groups -OCH3 is 1. The van der Waals surface area contributed by atoms with Crippen LogP contribution in [0.25, 0.3) is 37.6 Å². The van der Waals surface area contributed by atoms with Gasteiger partial charge in [-0.3, -0.25) is 4.90 Å². The van der Waals surface area contributed by atoms with Gasteiger partial charge in [0.05, 0.1) is 23.9 Å². The number of fused-ring (bicyclic) bond motifs is 2. The van der Waals surface area contributed by atoms with Gasteiger partial charge in [-0.15, -0.1) is 11.3 Å². The normalized spacial score (nSPS) is 15.3. The van der Waals surface area contributed by atoms with E-state index in [0.717, 1.165) is 71.5 Å². The van der Waals surface area contributed by atoms with Gasteiger partial charge < -0.3 is 9.64 Å². The fraction of sp³-hybridized carbons (Fsp3) is 0.286. The highest BCUT2D eigenvalue weighted by Crippen LogP contribution is 2.37. The molecule has 35 heavy (non-hydrogen) atoms. The fourth-order valence-corrected chi connectivity index (χ4v) is 5.84. The molecule has 0 atom stereocenters. The van der Waals surface area contributed by atoms with E-state index < -0.39 is 0 Å².